The fourth-order valence-corrected chi connectivity index (χ4v) is 14.7. The number of hydrogen-bond acceptors (Lipinski definition) is 2. The van der Waals surface area contributed by atoms with Crippen molar-refractivity contribution in [3.8, 4) is 90.5 Å². The fraction of sp³-hybridized carbons (Fsp3) is 0. The Bertz CT molecular complexity index is 5750. The van der Waals surface area contributed by atoms with E-state index in [0.717, 1.165) is 154 Å². The molecular formula is C86H52N6. The van der Waals surface area contributed by atoms with E-state index in [1.165, 1.54) is 0 Å². The molecule has 92 heavy (non-hydrogen) atoms. The quantitative estimate of drug-likeness (QED) is 0.145. The van der Waals surface area contributed by atoms with Crippen LogP contribution in [0.2, 0.25) is 0 Å². The van der Waals surface area contributed by atoms with Crippen LogP contribution in [0.5, 0.6) is 0 Å². The highest BCUT2D eigenvalue weighted by Gasteiger charge is 2.28. The molecule has 0 atom stereocenters. The molecule has 6 nitrogen and oxygen atoms in total. The molecule has 6 heteroatoms. The number of rotatable bonds is 9. The Morgan fingerprint density at radius 2 is 0.402 bits per heavy atom. The van der Waals surface area contributed by atoms with Gasteiger partial charge in [0.25, 0.3) is 0 Å². The zero-order valence-electron chi connectivity index (χ0n) is 49.7. The smallest absolute Gasteiger partial charge is 0.0999 e. The predicted molar refractivity (Wildman–Crippen MR) is 380 cm³/mol. The van der Waals surface area contributed by atoms with Crippen LogP contribution in [0, 0.1) is 22.7 Å². The second kappa shape index (κ2) is 21.0. The molecule has 14 aromatic carbocycles. The molecule has 18 rings (SSSR count). The number of aromatic nitrogens is 4. The van der Waals surface area contributed by atoms with E-state index in [4.69, 9.17) is 0 Å². The van der Waals surface area contributed by atoms with Crippen LogP contribution in [0.1, 0.15) is 11.1 Å². The summed E-state index contributed by atoms with van der Waals surface area (Å²) in [5.74, 6) is 0. The monoisotopic (exact) mass is 1170 g/mol. The van der Waals surface area contributed by atoms with Gasteiger partial charge in [0.05, 0.1) is 90.1 Å². The van der Waals surface area contributed by atoms with Crippen LogP contribution in [0.25, 0.3) is 166 Å². The van der Waals surface area contributed by atoms with E-state index in [0.29, 0.717) is 22.3 Å². The molecule has 0 unspecified atom stereocenters. The molecule has 0 spiro atoms. The Morgan fingerprint density at radius 3 is 0.652 bits per heavy atom. The Kier molecular flexibility index (Phi) is 11.9. The number of nitriles is 2. The summed E-state index contributed by atoms with van der Waals surface area (Å²) in [5.41, 5.74) is 22.5. The molecule has 0 saturated heterocycles. The zero-order chi connectivity index (χ0) is 61.0. The molecule has 0 N–H and O–H groups in total. The van der Waals surface area contributed by atoms with Crippen molar-refractivity contribution in [1.82, 2.24) is 18.3 Å². The number of nitrogens with zero attached hydrogens (tertiary/aromatic N) is 6. The van der Waals surface area contributed by atoms with E-state index in [2.05, 4.69) is 346 Å². The van der Waals surface area contributed by atoms with Crippen molar-refractivity contribution >= 4 is 87.2 Å². The minimum atomic E-state index is 0.429. The summed E-state index contributed by atoms with van der Waals surface area (Å²) >= 11 is 0. The Labute approximate surface area is 530 Å². The largest absolute Gasteiger partial charge is 0.307 e. The Morgan fingerprint density at radius 1 is 0.185 bits per heavy atom. The molecule has 0 radical (unpaired) electrons. The average Bonchev–Trinajstić information content (AvgIpc) is 1.62. The standard InChI is InChI=1S/C86H52N6/c87-53-63-49-83(89-75-33-17-13-29-65(75)71-45-59(37-41-79(71)89)55-21-5-1-6-22-55)85(91-77-35-19-15-31-67(77)73-47-61(39-43-81(73)91)57-25-9-3-10-26-57)51-69(63)70-52-86(92-78-36-20-16-32-68(78)74-48-62(40-44-82(74)92)58-27-11-4-12-28-58)84(50-64(70)54-88)90-76-34-18-14-30-66(76)72-46-60(38-42-80(72)90)56-23-7-2-8-24-56/h1-52H. The van der Waals surface area contributed by atoms with Gasteiger partial charge < -0.3 is 18.3 Å². The van der Waals surface area contributed by atoms with Crippen molar-refractivity contribution in [2.45, 2.75) is 0 Å². The minimum Gasteiger partial charge on any atom is -0.307 e. The van der Waals surface area contributed by atoms with Crippen LogP contribution in [-0.2, 0) is 0 Å². The van der Waals surface area contributed by atoms with E-state index in [1.807, 2.05) is 0 Å². The van der Waals surface area contributed by atoms with Gasteiger partial charge in [-0.2, -0.15) is 10.5 Å². The summed E-state index contributed by atoms with van der Waals surface area (Å²) in [6.45, 7) is 0. The molecule has 0 amide bonds. The minimum absolute atomic E-state index is 0.429. The van der Waals surface area contributed by atoms with Gasteiger partial charge >= 0.3 is 0 Å². The first-order valence-corrected chi connectivity index (χ1v) is 31.1. The topological polar surface area (TPSA) is 67.3 Å². The second-order valence-electron chi connectivity index (χ2n) is 23.8. The van der Waals surface area contributed by atoms with E-state index < -0.39 is 0 Å². The van der Waals surface area contributed by atoms with Crippen molar-refractivity contribution in [2.75, 3.05) is 0 Å². The van der Waals surface area contributed by atoms with Gasteiger partial charge in [-0.05, 0) is 142 Å². The Hall–Kier alpha value is -12.7. The van der Waals surface area contributed by atoms with Crippen molar-refractivity contribution in [3.05, 3.63) is 327 Å². The second-order valence-corrected chi connectivity index (χ2v) is 23.8. The molecule has 18 aromatic rings. The first kappa shape index (κ1) is 52.4. The van der Waals surface area contributed by atoms with Gasteiger partial charge in [0, 0.05) is 54.2 Å². The zero-order valence-corrected chi connectivity index (χ0v) is 49.7. The number of para-hydroxylation sites is 4. The number of benzene rings is 14. The summed E-state index contributed by atoms with van der Waals surface area (Å²) < 4.78 is 9.42. The fourth-order valence-electron chi connectivity index (χ4n) is 14.7. The van der Waals surface area contributed by atoms with Gasteiger partial charge in [0.2, 0.25) is 0 Å². The summed E-state index contributed by atoms with van der Waals surface area (Å²) in [6.07, 6.45) is 0. The van der Waals surface area contributed by atoms with Crippen LogP contribution < -0.4 is 0 Å². The van der Waals surface area contributed by atoms with Gasteiger partial charge in [0.1, 0.15) is 0 Å². The summed E-state index contributed by atoms with van der Waals surface area (Å²) in [4.78, 5) is 0. The highest BCUT2D eigenvalue weighted by atomic mass is 15.1. The van der Waals surface area contributed by atoms with Gasteiger partial charge in [-0.25, -0.2) is 0 Å². The molecule has 0 aliphatic heterocycles. The highest BCUT2D eigenvalue weighted by molar-refractivity contribution is 6.15. The SMILES string of the molecule is N#Cc1cc(-n2c3ccccc3c3cc(-c4ccccc4)ccc32)c(-n2c3ccccc3c3cc(-c4ccccc4)ccc32)cc1-c1cc(-n2c3ccccc3c3cc(-c4ccccc4)ccc32)c(-n2c3ccccc3c3cc(-c4ccccc4)ccc32)cc1C#N. The van der Waals surface area contributed by atoms with Crippen molar-refractivity contribution in [2.24, 2.45) is 0 Å². The van der Waals surface area contributed by atoms with Crippen LogP contribution >= 0.6 is 0 Å². The Balaban J connectivity index is 0.962. The lowest BCUT2D eigenvalue weighted by Crippen LogP contribution is -2.07. The third kappa shape index (κ3) is 8.12. The molecule has 0 bridgehead atoms. The molecule has 0 fully saturated rings. The van der Waals surface area contributed by atoms with Gasteiger partial charge in [-0.15, -0.1) is 0 Å². The normalized spacial score (nSPS) is 11.7. The number of fused-ring (bicyclic) bond motifs is 12. The third-order valence-corrected chi connectivity index (χ3v) is 18.8. The first-order valence-electron chi connectivity index (χ1n) is 31.1. The van der Waals surface area contributed by atoms with E-state index >= 15 is 0 Å². The van der Waals surface area contributed by atoms with Crippen molar-refractivity contribution < 1.29 is 0 Å². The maximum absolute atomic E-state index is 12.0. The summed E-state index contributed by atoms with van der Waals surface area (Å²) in [5, 5.41) is 32.8. The highest BCUT2D eigenvalue weighted by Crippen LogP contribution is 2.47. The molecule has 0 aliphatic rings. The molecule has 426 valence electrons. The lowest BCUT2D eigenvalue weighted by molar-refractivity contribution is 1.09. The summed E-state index contributed by atoms with van der Waals surface area (Å²) in [7, 11) is 0. The maximum atomic E-state index is 12.0. The number of hydrogen-bond donors (Lipinski definition) is 0. The van der Waals surface area contributed by atoms with Gasteiger partial charge in [-0.1, -0.05) is 218 Å². The van der Waals surface area contributed by atoms with Crippen molar-refractivity contribution in [3.63, 3.8) is 0 Å². The molecule has 4 heterocycles. The predicted octanol–water partition coefficient (Wildman–Crippen LogP) is 22.2. The van der Waals surface area contributed by atoms with Crippen LogP contribution in [0.4, 0.5) is 0 Å². The van der Waals surface area contributed by atoms with Crippen LogP contribution in [-0.4, -0.2) is 18.3 Å². The molecule has 0 saturated carbocycles. The van der Waals surface area contributed by atoms with E-state index in [1.54, 1.807) is 0 Å². The third-order valence-electron chi connectivity index (χ3n) is 18.8. The molecule has 0 aliphatic carbocycles. The van der Waals surface area contributed by atoms with E-state index in [-0.39, 0.29) is 0 Å². The molecular weight excluding hydrogens is 1120 g/mol. The van der Waals surface area contributed by atoms with Crippen LogP contribution in [0.15, 0.2) is 315 Å². The summed E-state index contributed by atoms with van der Waals surface area (Å²) in [6, 6.07) is 118. The van der Waals surface area contributed by atoms with Crippen LogP contribution in [0.3, 0.4) is 0 Å². The van der Waals surface area contributed by atoms with Gasteiger partial charge in [0.15, 0.2) is 0 Å². The lowest BCUT2D eigenvalue weighted by Gasteiger charge is -2.22. The van der Waals surface area contributed by atoms with E-state index in [9.17, 15) is 10.5 Å². The van der Waals surface area contributed by atoms with Gasteiger partial charge in [-0.3, -0.25) is 0 Å². The van der Waals surface area contributed by atoms with Crippen molar-refractivity contribution in [1.29, 1.82) is 10.5 Å². The molecule has 4 aromatic heterocycles. The maximum Gasteiger partial charge on any atom is 0.0999 e. The average molecular weight is 1170 g/mol. The first-order chi connectivity index (χ1) is 45.6. The lowest BCUT2D eigenvalue weighted by atomic mass is 9.93.